The highest BCUT2D eigenvalue weighted by atomic mass is 32.2. The molecule has 1 aromatic heterocycles. The molecule has 3 rings (SSSR count). The summed E-state index contributed by atoms with van der Waals surface area (Å²) >= 11 is 0. The molecule has 2 aromatic rings. The Labute approximate surface area is 124 Å². The first-order chi connectivity index (χ1) is 10.0. The van der Waals surface area contributed by atoms with Gasteiger partial charge < -0.3 is 9.47 Å². The normalized spacial score (nSPS) is 15.6. The van der Waals surface area contributed by atoms with Crippen molar-refractivity contribution in [2.45, 2.75) is 24.9 Å². The molecule has 0 saturated heterocycles. The topological polar surface area (TPSA) is 54.7 Å². The van der Waals surface area contributed by atoms with Crippen LogP contribution in [0.5, 0.6) is 0 Å². The van der Waals surface area contributed by atoms with Gasteiger partial charge in [-0.25, -0.2) is 0 Å². The van der Waals surface area contributed by atoms with Crippen LogP contribution in [0.25, 0.3) is 0 Å². The maximum atomic E-state index is 12.1. The third kappa shape index (κ3) is 2.47. The zero-order valence-corrected chi connectivity index (χ0v) is 12.8. The summed E-state index contributed by atoms with van der Waals surface area (Å²) in [7, 11) is -1.69. The molecule has 1 aromatic carbocycles. The summed E-state index contributed by atoms with van der Waals surface area (Å²) < 4.78 is 30.1. The predicted octanol–water partition coefficient (Wildman–Crippen LogP) is 2.09. The molecule has 0 radical (unpaired) electrons. The summed E-state index contributed by atoms with van der Waals surface area (Å²) in [5.41, 5.74) is 1.80. The van der Waals surface area contributed by atoms with Crippen molar-refractivity contribution >= 4 is 15.9 Å². The van der Waals surface area contributed by atoms with E-state index in [0.29, 0.717) is 17.9 Å². The third-order valence-electron chi connectivity index (χ3n) is 3.57. The van der Waals surface area contributed by atoms with Crippen LogP contribution >= 0.6 is 0 Å². The van der Waals surface area contributed by atoms with Crippen molar-refractivity contribution in [3.8, 4) is 0 Å². The number of nitrogens with zero attached hydrogens (tertiary/aromatic N) is 3. The second kappa shape index (κ2) is 5.04. The van der Waals surface area contributed by atoms with Gasteiger partial charge >= 0.3 is 0 Å². The van der Waals surface area contributed by atoms with E-state index in [1.807, 2.05) is 30.3 Å². The van der Waals surface area contributed by atoms with Crippen LogP contribution in [0.4, 0.5) is 0 Å². The van der Waals surface area contributed by atoms with Gasteiger partial charge in [-0.2, -0.15) is 8.42 Å². The van der Waals surface area contributed by atoms with Crippen molar-refractivity contribution in [3.05, 3.63) is 53.9 Å². The highest BCUT2D eigenvalue weighted by Crippen LogP contribution is 2.27. The van der Waals surface area contributed by atoms with Gasteiger partial charge in [-0.15, -0.1) is 4.40 Å². The first kappa shape index (κ1) is 13.9. The maximum Gasteiger partial charge on any atom is 0.285 e. The molecule has 0 aliphatic carbocycles. The Morgan fingerprint density at radius 1 is 1.24 bits per heavy atom. The van der Waals surface area contributed by atoms with Gasteiger partial charge in [0.25, 0.3) is 10.0 Å². The lowest BCUT2D eigenvalue weighted by atomic mass is 10.2. The molecular formula is C15H17N3O2S. The highest BCUT2D eigenvalue weighted by Gasteiger charge is 2.30. The number of hydrogen-bond acceptors (Lipinski definition) is 3. The number of fused-ring (bicyclic) bond motifs is 1. The zero-order chi connectivity index (χ0) is 15.0. The van der Waals surface area contributed by atoms with E-state index in [1.54, 1.807) is 18.2 Å². The summed E-state index contributed by atoms with van der Waals surface area (Å²) in [6.07, 6.45) is 4.08. The molecule has 0 fully saturated rings. The smallest absolute Gasteiger partial charge is 0.285 e. The first-order valence-electron chi connectivity index (χ1n) is 6.81. The van der Waals surface area contributed by atoms with Gasteiger partial charge in [0.1, 0.15) is 4.90 Å². The summed E-state index contributed by atoms with van der Waals surface area (Å²) in [5, 5.41) is 0. The highest BCUT2D eigenvalue weighted by molar-refractivity contribution is 7.90. The molecule has 0 unspecified atom stereocenters. The van der Waals surface area contributed by atoms with E-state index in [-0.39, 0.29) is 4.90 Å². The van der Waals surface area contributed by atoms with E-state index in [2.05, 4.69) is 22.1 Å². The molecule has 5 nitrogen and oxygen atoms in total. The fourth-order valence-electron chi connectivity index (χ4n) is 2.49. The second-order valence-corrected chi connectivity index (χ2v) is 6.66. The summed E-state index contributed by atoms with van der Waals surface area (Å²) in [6.45, 7) is 3.62. The van der Waals surface area contributed by atoms with Crippen LogP contribution in [-0.4, -0.2) is 30.8 Å². The van der Waals surface area contributed by atoms with Crippen LogP contribution in [0.15, 0.2) is 52.0 Å². The Balaban J connectivity index is 1.90. The van der Waals surface area contributed by atoms with Crippen LogP contribution in [0.2, 0.25) is 0 Å². The SMILES string of the molecule is CCn1ccc(CN(C)C2=NS(=O)(=O)c3ccccc32)c1. The molecule has 1 aliphatic rings. The molecule has 110 valence electrons. The summed E-state index contributed by atoms with van der Waals surface area (Å²) in [5.74, 6) is 0.509. The van der Waals surface area contributed by atoms with E-state index in [9.17, 15) is 8.42 Å². The molecule has 0 N–H and O–H groups in total. The van der Waals surface area contributed by atoms with Gasteiger partial charge in [0, 0.05) is 38.1 Å². The average Bonchev–Trinajstić information content (AvgIpc) is 3.02. The molecule has 0 spiro atoms. The lowest BCUT2D eigenvalue weighted by molar-refractivity contribution is 0.502. The Kier molecular flexibility index (Phi) is 3.33. The standard InChI is InChI=1S/C15H17N3O2S/c1-3-18-9-8-12(11-18)10-17(2)15-13-6-4-5-7-14(13)21(19,20)16-15/h4-9,11H,3,10H2,1-2H3. The van der Waals surface area contributed by atoms with E-state index in [1.165, 1.54) is 0 Å². The Hall–Kier alpha value is -2.08. The van der Waals surface area contributed by atoms with Gasteiger partial charge in [0.05, 0.1) is 0 Å². The van der Waals surface area contributed by atoms with E-state index in [0.717, 1.165) is 12.1 Å². The summed E-state index contributed by atoms with van der Waals surface area (Å²) in [6, 6.07) is 8.98. The van der Waals surface area contributed by atoms with Crippen LogP contribution in [0, 0.1) is 0 Å². The van der Waals surface area contributed by atoms with E-state index < -0.39 is 10.0 Å². The van der Waals surface area contributed by atoms with Gasteiger partial charge in [-0.1, -0.05) is 12.1 Å². The predicted molar refractivity (Wildman–Crippen MR) is 81.7 cm³/mol. The Morgan fingerprint density at radius 2 is 2.00 bits per heavy atom. The van der Waals surface area contributed by atoms with Crippen molar-refractivity contribution in [1.29, 1.82) is 0 Å². The van der Waals surface area contributed by atoms with Crippen molar-refractivity contribution in [3.63, 3.8) is 0 Å². The Bertz CT molecular complexity index is 806. The molecule has 1 aliphatic heterocycles. The average molecular weight is 303 g/mol. The minimum atomic E-state index is -3.55. The molecule has 21 heavy (non-hydrogen) atoms. The molecule has 2 heterocycles. The van der Waals surface area contributed by atoms with Crippen LogP contribution < -0.4 is 0 Å². The lowest BCUT2D eigenvalue weighted by Crippen LogP contribution is -2.25. The number of aromatic nitrogens is 1. The maximum absolute atomic E-state index is 12.1. The van der Waals surface area contributed by atoms with E-state index >= 15 is 0 Å². The minimum Gasteiger partial charge on any atom is -0.354 e. The number of hydrogen-bond donors (Lipinski definition) is 0. The van der Waals surface area contributed by atoms with Gasteiger partial charge in [-0.3, -0.25) is 0 Å². The number of benzene rings is 1. The quantitative estimate of drug-likeness (QED) is 0.872. The fourth-order valence-corrected chi connectivity index (χ4v) is 3.74. The summed E-state index contributed by atoms with van der Waals surface area (Å²) in [4.78, 5) is 2.16. The Morgan fingerprint density at radius 3 is 2.71 bits per heavy atom. The number of sulfonamides is 1. The minimum absolute atomic E-state index is 0.290. The molecule has 0 atom stereocenters. The molecule has 0 bridgehead atoms. The molecule has 6 heteroatoms. The fraction of sp³-hybridized carbons (Fsp3) is 0.267. The zero-order valence-electron chi connectivity index (χ0n) is 12.0. The largest absolute Gasteiger partial charge is 0.354 e. The molecule has 0 saturated carbocycles. The van der Waals surface area contributed by atoms with Crippen LogP contribution in [0.1, 0.15) is 18.1 Å². The number of amidine groups is 1. The van der Waals surface area contributed by atoms with Gasteiger partial charge in [0.2, 0.25) is 0 Å². The third-order valence-corrected chi connectivity index (χ3v) is 4.90. The molecular weight excluding hydrogens is 286 g/mol. The molecule has 0 amide bonds. The van der Waals surface area contributed by atoms with Crippen molar-refractivity contribution < 1.29 is 8.42 Å². The van der Waals surface area contributed by atoms with Crippen molar-refractivity contribution in [2.24, 2.45) is 4.40 Å². The lowest BCUT2D eigenvalue weighted by Gasteiger charge is -2.18. The van der Waals surface area contributed by atoms with Crippen LogP contribution in [0.3, 0.4) is 0 Å². The van der Waals surface area contributed by atoms with E-state index in [4.69, 9.17) is 0 Å². The van der Waals surface area contributed by atoms with Crippen LogP contribution in [-0.2, 0) is 23.1 Å². The van der Waals surface area contributed by atoms with Crippen molar-refractivity contribution in [1.82, 2.24) is 9.47 Å². The van der Waals surface area contributed by atoms with Crippen molar-refractivity contribution in [2.75, 3.05) is 7.05 Å². The monoisotopic (exact) mass is 303 g/mol. The van der Waals surface area contributed by atoms with Gasteiger partial charge in [-0.05, 0) is 30.7 Å². The second-order valence-electron chi connectivity index (χ2n) is 5.09. The number of aryl methyl sites for hydroxylation is 1. The first-order valence-corrected chi connectivity index (χ1v) is 8.25. The van der Waals surface area contributed by atoms with Gasteiger partial charge in [0.15, 0.2) is 5.84 Å². The number of rotatable bonds is 3.